The zero-order valence-electron chi connectivity index (χ0n) is 15.0. The van der Waals surface area contributed by atoms with Crippen molar-refractivity contribution in [2.45, 2.75) is 13.5 Å². The predicted molar refractivity (Wildman–Crippen MR) is 106 cm³/mol. The Morgan fingerprint density at radius 1 is 1.25 bits per heavy atom. The minimum Gasteiger partial charge on any atom is -0.348 e. The standard InChI is InChI=1S/C20H17FN4O2S/c1-14(26)25(18-7-3-2-6-17(18)21)20-24-16(13-28-20)8-9-19(27)23-12-15-5-4-10-22-11-15/h2-11,13H,12H2,1H3,(H,23,27)/b9-8+. The van der Waals surface area contributed by atoms with Gasteiger partial charge in [0.1, 0.15) is 5.82 Å². The maximum absolute atomic E-state index is 14.1. The third-order valence-electron chi connectivity index (χ3n) is 3.70. The van der Waals surface area contributed by atoms with Gasteiger partial charge in [0.15, 0.2) is 5.13 Å². The van der Waals surface area contributed by atoms with E-state index in [2.05, 4.69) is 15.3 Å². The summed E-state index contributed by atoms with van der Waals surface area (Å²) in [5, 5.41) is 4.76. The van der Waals surface area contributed by atoms with E-state index < -0.39 is 5.82 Å². The van der Waals surface area contributed by atoms with E-state index in [-0.39, 0.29) is 17.5 Å². The van der Waals surface area contributed by atoms with E-state index in [9.17, 15) is 14.0 Å². The van der Waals surface area contributed by atoms with Gasteiger partial charge >= 0.3 is 0 Å². The molecule has 0 saturated carbocycles. The van der Waals surface area contributed by atoms with E-state index in [4.69, 9.17) is 0 Å². The molecule has 3 aromatic rings. The maximum Gasteiger partial charge on any atom is 0.244 e. The number of para-hydroxylation sites is 1. The molecule has 0 fully saturated rings. The van der Waals surface area contributed by atoms with Crippen LogP contribution in [-0.2, 0) is 16.1 Å². The quantitative estimate of drug-likeness (QED) is 0.645. The van der Waals surface area contributed by atoms with Gasteiger partial charge in [-0.25, -0.2) is 9.37 Å². The number of nitrogens with zero attached hydrogens (tertiary/aromatic N) is 3. The highest BCUT2D eigenvalue weighted by Gasteiger charge is 2.20. The molecule has 0 saturated heterocycles. The largest absolute Gasteiger partial charge is 0.348 e. The smallest absolute Gasteiger partial charge is 0.244 e. The molecule has 1 N–H and O–H groups in total. The van der Waals surface area contributed by atoms with Crippen molar-refractivity contribution >= 4 is 40.0 Å². The molecule has 0 aliphatic heterocycles. The number of anilines is 2. The van der Waals surface area contributed by atoms with Crippen LogP contribution in [0.3, 0.4) is 0 Å². The highest BCUT2D eigenvalue weighted by Crippen LogP contribution is 2.30. The number of carbonyl (C=O) groups is 2. The van der Waals surface area contributed by atoms with Crippen molar-refractivity contribution in [3.8, 4) is 0 Å². The van der Waals surface area contributed by atoms with Crippen molar-refractivity contribution in [1.29, 1.82) is 0 Å². The predicted octanol–water partition coefficient (Wildman–Crippen LogP) is 3.69. The molecule has 142 valence electrons. The number of rotatable bonds is 6. The molecule has 0 unspecified atom stereocenters. The fraction of sp³-hybridized carbons (Fsp3) is 0.100. The lowest BCUT2D eigenvalue weighted by Gasteiger charge is -2.18. The number of thiazole rings is 1. The molecule has 0 radical (unpaired) electrons. The van der Waals surface area contributed by atoms with Crippen molar-refractivity contribution in [1.82, 2.24) is 15.3 Å². The molecule has 1 aromatic carbocycles. The molecule has 2 heterocycles. The van der Waals surface area contributed by atoms with Crippen LogP contribution in [0.5, 0.6) is 0 Å². The van der Waals surface area contributed by atoms with Crippen LogP contribution in [0.1, 0.15) is 18.2 Å². The van der Waals surface area contributed by atoms with Crippen molar-refractivity contribution in [2.24, 2.45) is 0 Å². The van der Waals surface area contributed by atoms with Gasteiger partial charge in [-0.1, -0.05) is 18.2 Å². The summed E-state index contributed by atoms with van der Waals surface area (Å²) in [6.07, 6.45) is 6.24. The molecule has 2 amide bonds. The van der Waals surface area contributed by atoms with Gasteiger partial charge in [-0.3, -0.25) is 19.5 Å². The molecule has 0 aliphatic rings. The molecular formula is C20H17FN4O2S. The van der Waals surface area contributed by atoms with Crippen molar-refractivity contribution in [3.63, 3.8) is 0 Å². The molecule has 0 spiro atoms. The molecule has 0 bridgehead atoms. The molecule has 28 heavy (non-hydrogen) atoms. The summed E-state index contributed by atoms with van der Waals surface area (Å²) >= 11 is 1.19. The van der Waals surface area contributed by atoms with Gasteiger partial charge in [-0.15, -0.1) is 11.3 Å². The minimum absolute atomic E-state index is 0.133. The second-order valence-corrected chi connectivity index (χ2v) is 6.61. The van der Waals surface area contributed by atoms with Crippen molar-refractivity contribution < 1.29 is 14.0 Å². The van der Waals surface area contributed by atoms with Gasteiger partial charge in [-0.05, 0) is 29.8 Å². The number of aromatic nitrogens is 2. The highest BCUT2D eigenvalue weighted by molar-refractivity contribution is 7.14. The zero-order chi connectivity index (χ0) is 19.9. The summed E-state index contributed by atoms with van der Waals surface area (Å²) in [5.41, 5.74) is 1.52. The van der Waals surface area contributed by atoms with Gasteiger partial charge in [-0.2, -0.15) is 0 Å². The Labute approximate surface area is 165 Å². The summed E-state index contributed by atoms with van der Waals surface area (Å²) in [5.74, 6) is -1.15. The second kappa shape index (κ2) is 9.01. The first kappa shape index (κ1) is 19.4. The van der Waals surface area contributed by atoms with E-state index in [1.54, 1.807) is 36.0 Å². The van der Waals surface area contributed by atoms with E-state index in [0.29, 0.717) is 17.4 Å². The van der Waals surface area contributed by atoms with Crippen LogP contribution in [0.2, 0.25) is 0 Å². The molecule has 6 nitrogen and oxygen atoms in total. The van der Waals surface area contributed by atoms with Crippen molar-refractivity contribution in [2.75, 3.05) is 4.90 Å². The summed E-state index contributed by atoms with van der Waals surface area (Å²) in [6, 6.07) is 9.66. The lowest BCUT2D eigenvalue weighted by atomic mass is 10.3. The lowest BCUT2D eigenvalue weighted by molar-refractivity contribution is -0.117. The summed E-state index contributed by atoms with van der Waals surface area (Å²) in [4.78, 5) is 33.5. The van der Waals surface area contributed by atoms with Crippen LogP contribution < -0.4 is 10.2 Å². The monoisotopic (exact) mass is 396 g/mol. The molecular weight excluding hydrogens is 379 g/mol. The highest BCUT2D eigenvalue weighted by atomic mass is 32.1. The Bertz CT molecular complexity index is 1000. The lowest BCUT2D eigenvalue weighted by Crippen LogP contribution is -2.23. The van der Waals surface area contributed by atoms with Gasteiger partial charge in [0.05, 0.1) is 11.4 Å². The summed E-state index contributed by atoms with van der Waals surface area (Å²) in [6.45, 7) is 1.71. The van der Waals surface area contributed by atoms with E-state index in [0.717, 1.165) is 5.56 Å². The number of carbonyl (C=O) groups excluding carboxylic acids is 2. The van der Waals surface area contributed by atoms with Crippen LogP contribution in [0.25, 0.3) is 6.08 Å². The average molecular weight is 396 g/mol. The van der Waals surface area contributed by atoms with Crippen molar-refractivity contribution in [3.05, 3.63) is 77.3 Å². The first-order chi connectivity index (χ1) is 13.5. The molecule has 2 aromatic heterocycles. The Morgan fingerprint density at radius 3 is 2.79 bits per heavy atom. The maximum atomic E-state index is 14.1. The second-order valence-electron chi connectivity index (χ2n) is 5.77. The fourth-order valence-electron chi connectivity index (χ4n) is 2.41. The van der Waals surface area contributed by atoms with Gasteiger partial charge in [0, 0.05) is 37.3 Å². The first-order valence-electron chi connectivity index (χ1n) is 8.40. The molecule has 3 rings (SSSR count). The molecule has 8 heteroatoms. The Hall–Kier alpha value is -3.39. The van der Waals surface area contributed by atoms with Crippen LogP contribution in [0.15, 0.2) is 60.2 Å². The number of hydrogen-bond donors (Lipinski definition) is 1. The molecule has 0 aliphatic carbocycles. The Balaban J connectivity index is 1.68. The van der Waals surface area contributed by atoms with Gasteiger partial charge < -0.3 is 5.32 Å². The number of pyridine rings is 1. The van der Waals surface area contributed by atoms with Gasteiger partial charge in [0.25, 0.3) is 0 Å². The number of nitrogens with one attached hydrogen (secondary N) is 1. The van der Waals surface area contributed by atoms with E-state index in [1.165, 1.54) is 47.4 Å². The zero-order valence-corrected chi connectivity index (χ0v) is 15.8. The SMILES string of the molecule is CC(=O)N(c1nc(/C=C/C(=O)NCc2cccnc2)cs1)c1ccccc1F. The topological polar surface area (TPSA) is 75.2 Å². The average Bonchev–Trinajstić information content (AvgIpc) is 3.15. The third kappa shape index (κ3) is 4.86. The van der Waals surface area contributed by atoms with E-state index >= 15 is 0 Å². The van der Waals surface area contributed by atoms with Crippen LogP contribution in [-0.4, -0.2) is 21.8 Å². The van der Waals surface area contributed by atoms with Gasteiger partial charge in [0.2, 0.25) is 11.8 Å². The number of hydrogen-bond acceptors (Lipinski definition) is 5. The summed E-state index contributed by atoms with van der Waals surface area (Å²) < 4.78 is 14.1. The van der Waals surface area contributed by atoms with E-state index in [1.807, 2.05) is 6.07 Å². The third-order valence-corrected chi connectivity index (χ3v) is 4.55. The Kier molecular flexibility index (Phi) is 6.23. The van der Waals surface area contributed by atoms with Crippen LogP contribution in [0, 0.1) is 5.82 Å². The van der Waals surface area contributed by atoms with Crippen LogP contribution >= 0.6 is 11.3 Å². The fourth-order valence-corrected chi connectivity index (χ4v) is 3.26. The number of amides is 2. The van der Waals surface area contributed by atoms with Crippen LogP contribution in [0.4, 0.5) is 15.2 Å². The number of benzene rings is 1. The summed E-state index contributed by atoms with van der Waals surface area (Å²) in [7, 11) is 0. The minimum atomic E-state index is -0.514. The first-order valence-corrected chi connectivity index (χ1v) is 9.28. The molecule has 0 atom stereocenters. The normalized spacial score (nSPS) is 10.8. The number of halogens is 1. The Morgan fingerprint density at radius 2 is 2.07 bits per heavy atom.